The van der Waals surface area contributed by atoms with Crippen LogP contribution in [0.3, 0.4) is 0 Å². The normalized spacial score (nSPS) is 11.4. The average molecular weight is 174 g/mol. The van der Waals surface area contributed by atoms with Crippen molar-refractivity contribution in [2.75, 3.05) is 5.73 Å². The molecule has 0 fully saturated rings. The van der Waals surface area contributed by atoms with Gasteiger partial charge in [-0.1, -0.05) is 0 Å². The third-order valence-corrected chi connectivity index (χ3v) is 1.84. The number of nitrogens with zero attached hydrogens (tertiary/aromatic N) is 2. The number of aromatic nitrogens is 2. The monoisotopic (exact) mass is 174 g/mol. The van der Waals surface area contributed by atoms with Crippen molar-refractivity contribution >= 4 is 16.0 Å². The fourth-order valence-corrected chi connectivity index (χ4v) is 0.872. The molecule has 0 spiro atoms. The summed E-state index contributed by atoms with van der Waals surface area (Å²) in [6, 6.07) is 0. The molecule has 6 nitrogen and oxygen atoms in total. The van der Waals surface area contributed by atoms with E-state index in [2.05, 4.69) is 9.97 Å². The minimum Gasteiger partial charge on any atom is -0.368 e. The van der Waals surface area contributed by atoms with Gasteiger partial charge in [0.15, 0.2) is 0 Å². The van der Waals surface area contributed by atoms with Crippen LogP contribution in [0.2, 0.25) is 0 Å². The minimum atomic E-state index is -3.70. The second kappa shape index (κ2) is 2.44. The molecule has 0 bridgehead atoms. The molecule has 0 unspecified atom stereocenters. The molecule has 1 rings (SSSR count). The Morgan fingerprint density at radius 1 is 1.27 bits per heavy atom. The molecule has 0 atom stereocenters. The van der Waals surface area contributed by atoms with Gasteiger partial charge in [0.1, 0.15) is 4.90 Å². The first-order valence-corrected chi connectivity index (χ1v) is 4.15. The lowest BCUT2D eigenvalue weighted by Crippen LogP contribution is -2.13. The van der Waals surface area contributed by atoms with Gasteiger partial charge in [0, 0.05) is 0 Å². The molecular formula is C4H6N4O2S. The lowest BCUT2D eigenvalue weighted by Gasteiger charge is -1.94. The molecule has 11 heavy (non-hydrogen) atoms. The van der Waals surface area contributed by atoms with Crippen LogP contribution in [0, 0.1) is 0 Å². The maximum atomic E-state index is 10.6. The number of hydrogen-bond acceptors (Lipinski definition) is 5. The Kier molecular flexibility index (Phi) is 1.75. The second-order valence-corrected chi connectivity index (χ2v) is 3.38. The first-order valence-electron chi connectivity index (χ1n) is 2.60. The molecule has 1 aromatic heterocycles. The zero-order valence-electron chi connectivity index (χ0n) is 5.43. The molecule has 0 aliphatic carbocycles. The highest BCUT2D eigenvalue weighted by atomic mass is 32.2. The molecule has 0 saturated carbocycles. The van der Waals surface area contributed by atoms with Crippen LogP contribution in [-0.2, 0) is 10.0 Å². The Balaban J connectivity index is 3.20. The summed E-state index contributed by atoms with van der Waals surface area (Å²) >= 11 is 0. The van der Waals surface area contributed by atoms with Gasteiger partial charge in [-0.2, -0.15) is 0 Å². The highest BCUT2D eigenvalue weighted by Crippen LogP contribution is 2.01. The quantitative estimate of drug-likeness (QED) is 0.549. The summed E-state index contributed by atoms with van der Waals surface area (Å²) in [5.74, 6) is 0.0115. The van der Waals surface area contributed by atoms with Crippen molar-refractivity contribution in [3.63, 3.8) is 0 Å². The van der Waals surface area contributed by atoms with E-state index in [1.165, 1.54) is 0 Å². The van der Waals surface area contributed by atoms with Crippen LogP contribution in [-0.4, -0.2) is 18.4 Å². The van der Waals surface area contributed by atoms with E-state index in [0.29, 0.717) is 0 Å². The van der Waals surface area contributed by atoms with Crippen LogP contribution in [0.15, 0.2) is 17.3 Å². The Labute approximate surface area is 63.3 Å². The average Bonchev–Trinajstić information content (AvgIpc) is 1.86. The van der Waals surface area contributed by atoms with E-state index in [1.54, 1.807) is 0 Å². The standard InChI is InChI=1S/C4H6N4O2S/c5-4-7-1-3(2-8-4)11(6,9)10/h1-2H,(H2,5,7,8)(H2,6,9,10). The van der Waals surface area contributed by atoms with Gasteiger partial charge in [0.2, 0.25) is 16.0 Å². The van der Waals surface area contributed by atoms with Crippen LogP contribution < -0.4 is 10.9 Å². The van der Waals surface area contributed by atoms with Gasteiger partial charge in [-0.15, -0.1) is 0 Å². The van der Waals surface area contributed by atoms with Gasteiger partial charge < -0.3 is 5.73 Å². The lowest BCUT2D eigenvalue weighted by atomic mass is 10.7. The van der Waals surface area contributed by atoms with Crippen molar-refractivity contribution in [3.05, 3.63) is 12.4 Å². The summed E-state index contributed by atoms with van der Waals surface area (Å²) in [6.07, 6.45) is 2.11. The molecule has 0 aliphatic heterocycles. The smallest absolute Gasteiger partial charge is 0.241 e. The number of nitrogen functional groups attached to an aromatic ring is 1. The molecule has 4 N–H and O–H groups in total. The number of anilines is 1. The topological polar surface area (TPSA) is 112 Å². The number of hydrogen-bond donors (Lipinski definition) is 2. The largest absolute Gasteiger partial charge is 0.368 e. The van der Waals surface area contributed by atoms with Crippen LogP contribution >= 0.6 is 0 Å². The van der Waals surface area contributed by atoms with E-state index in [0.717, 1.165) is 12.4 Å². The molecule has 60 valence electrons. The van der Waals surface area contributed by atoms with Crippen LogP contribution in [0.4, 0.5) is 5.95 Å². The summed E-state index contributed by atoms with van der Waals surface area (Å²) in [6.45, 7) is 0. The van der Waals surface area contributed by atoms with E-state index < -0.39 is 10.0 Å². The highest BCUT2D eigenvalue weighted by molar-refractivity contribution is 7.89. The van der Waals surface area contributed by atoms with E-state index in [4.69, 9.17) is 10.9 Å². The molecule has 0 radical (unpaired) electrons. The Bertz CT molecular complexity index is 343. The van der Waals surface area contributed by atoms with Gasteiger partial charge >= 0.3 is 0 Å². The fraction of sp³-hybridized carbons (Fsp3) is 0. The van der Waals surface area contributed by atoms with Crippen molar-refractivity contribution in [3.8, 4) is 0 Å². The summed E-state index contributed by atoms with van der Waals surface area (Å²) in [7, 11) is -3.70. The SMILES string of the molecule is Nc1ncc(S(N)(=O)=O)cn1. The number of primary sulfonamides is 1. The maximum absolute atomic E-state index is 10.6. The van der Waals surface area contributed by atoms with Gasteiger partial charge in [0.25, 0.3) is 0 Å². The second-order valence-electron chi connectivity index (χ2n) is 1.82. The molecule has 1 aromatic rings. The molecule has 0 aromatic carbocycles. The summed E-state index contributed by atoms with van der Waals surface area (Å²) < 4.78 is 21.2. The third kappa shape index (κ3) is 1.85. The van der Waals surface area contributed by atoms with E-state index in [-0.39, 0.29) is 10.8 Å². The number of rotatable bonds is 1. The van der Waals surface area contributed by atoms with Crippen LogP contribution in [0.25, 0.3) is 0 Å². The summed E-state index contributed by atoms with van der Waals surface area (Å²) in [4.78, 5) is 6.76. The van der Waals surface area contributed by atoms with Crippen molar-refractivity contribution in [2.24, 2.45) is 5.14 Å². The summed E-state index contributed by atoms with van der Waals surface area (Å²) in [5, 5.41) is 4.76. The van der Waals surface area contributed by atoms with Crippen molar-refractivity contribution in [2.45, 2.75) is 4.90 Å². The molecular weight excluding hydrogens is 168 g/mol. The highest BCUT2D eigenvalue weighted by Gasteiger charge is 2.07. The minimum absolute atomic E-state index is 0.0115. The third-order valence-electron chi connectivity index (χ3n) is 0.977. The zero-order chi connectivity index (χ0) is 8.48. The van der Waals surface area contributed by atoms with Gasteiger partial charge in [-0.05, 0) is 0 Å². The number of nitrogens with two attached hydrogens (primary N) is 2. The number of sulfonamides is 1. The van der Waals surface area contributed by atoms with E-state index >= 15 is 0 Å². The first-order chi connectivity index (χ1) is 5.00. The summed E-state index contributed by atoms with van der Waals surface area (Å²) in [5.41, 5.74) is 5.11. The van der Waals surface area contributed by atoms with Gasteiger partial charge in [-0.25, -0.2) is 23.5 Å². The van der Waals surface area contributed by atoms with E-state index in [9.17, 15) is 8.42 Å². The van der Waals surface area contributed by atoms with Crippen molar-refractivity contribution < 1.29 is 8.42 Å². The molecule has 0 amide bonds. The fourth-order valence-electron chi connectivity index (χ4n) is 0.473. The lowest BCUT2D eigenvalue weighted by molar-refractivity contribution is 0.597. The van der Waals surface area contributed by atoms with Gasteiger partial charge in [-0.3, -0.25) is 0 Å². The van der Waals surface area contributed by atoms with Gasteiger partial charge in [0.05, 0.1) is 12.4 Å². The van der Waals surface area contributed by atoms with Crippen LogP contribution in [0.5, 0.6) is 0 Å². The maximum Gasteiger partial charge on any atom is 0.241 e. The van der Waals surface area contributed by atoms with E-state index in [1.807, 2.05) is 0 Å². The predicted octanol–water partition coefficient (Wildman–Crippen LogP) is -1.29. The Morgan fingerprint density at radius 3 is 2.09 bits per heavy atom. The van der Waals surface area contributed by atoms with Crippen LogP contribution in [0.1, 0.15) is 0 Å². The van der Waals surface area contributed by atoms with Crippen molar-refractivity contribution in [1.29, 1.82) is 0 Å². The predicted molar refractivity (Wildman–Crippen MR) is 37.8 cm³/mol. The molecule has 0 saturated heterocycles. The van der Waals surface area contributed by atoms with Crippen molar-refractivity contribution in [1.82, 2.24) is 9.97 Å². The first kappa shape index (κ1) is 7.89. The molecule has 1 heterocycles. The zero-order valence-corrected chi connectivity index (χ0v) is 6.25. The Hall–Kier alpha value is -1.21. The molecule has 0 aliphatic rings. The molecule has 7 heteroatoms. The Morgan fingerprint density at radius 2 is 1.73 bits per heavy atom.